The second kappa shape index (κ2) is 3.72. The summed E-state index contributed by atoms with van der Waals surface area (Å²) >= 11 is 0. The molecular weight excluding hydrogens is 146 g/mol. The molecule has 1 fully saturated rings. The Kier molecular flexibility index (Phi) is 2.88. The highest BCUT2D eigenvalue weighted by molar-refractivity contribution is 5.13. The molecule has 12 heavy (non-hydrogen) atoms. The maximum absolute atomic E-state index is 3.78. The van der Waals surface area contributed by atoms with Gasteiger partial charge in [-0.25, -0.2) is 0 Å². The number of hydrogen-bond acceptors (Lipinski definition) is 1. The average Bonchev–Trinajstić information content (AvgIpc) is 2.66. The number of hydrogen-bond donors (Lipinski definition) is 0. The molecular formula is C11H17N. The fourth-order valence-electron chi connectivity index (χ4n) is 1.74. The summed E-state index contributed by atoms with van der Waals surface area (Å²) in [4.78, 5) is 2.41. The van der Waals surface area contributed by atoms with Gasteiger partial charge in [-0.3, -0.25) is 4.90 Å². The van der Waals surface area contributed by atoms with Crippen molar-refractivity contribution in [1.82, 2.24) is 4.90 Å². The summed E-state index contributed by atoms with van der Waals surface area (Å²) in [6.45, 7) is 13.4. The molecule has 0 aromatic carbocycles. The molecule has 1 rings (SSSR count). The zero-order valence-corrected chi connectivity index (χ0v) is 7.63. The topological polar surface area (TPSA) is 3.01 Å². The molecule has 1 atom stereocenters. The van der Waals surface area contributed by atoms with Crippen molar-refractivity contribution in [1.29, 1.82) is 0 Å². The Hall–Kier alpha value is -0.820. The van der Waals surface area contributed by atoms with Crippen LogP contribution in [0, 0.1) is 0 Å². The molecule has 1 aliphatic rings. The quantitative estimate of drug-likeness (QED) is 0.429. The van der Waals surface area contributed by atoms with Gasteiger partial charge in [0.1, 0.15) is 0 Å². The van der Waals surface area contributed by atoms with Crippen molar-refractivity contribution in [3.8, 4) is 0 Å². The maximum atomic E-state index is 3.78. The third-order valence-electron chi connectivity index (χ3n) is 2.45. The van der Waals surface area contributed by atoms with Gasteiger partial charge >= 0.3 is 0 Å². The Bertz CT molecular complexity index is 183. The summed E-state index contributed by atoms with van der Waals surface area (Å²) in [7, 11) is 0. The molecule has 1 aliphatic heterocycles. The monoisotopic (exact) mass is 163 g/mol. The molecule has 0 amide bonds. The van der Waals surface area contributed by atoms with Crippen LogP contribution in [0.3, 0.4) is 0 Å². The highest BCUT2D eigenvalue weighted by Gasteiger charge is 2.48. The summed E-state index contributed by atoms with van der Waals surface area (Å²) in [5.41, 5.74) is 0.345. The van der Waals surface area contributed by atoms with Crippen LogP contribution in [-0.2, 0) is 0 Å². The van der Waals surface area contributed by atoms with Crippen LogP contribution in [0.5, 0.6) is 0 Å². The summed E-state index contributed by atoms with van der Waals surface area (Å²) < 4.78 is 0. The molecule has 0 aliphatic carbocycles. The van der Waals surface area contributed by atoms with Crippen molar-refractivity contribution < 1.29 is 0 Å². The first-order valence-corrected chi connectivity index (χ1v) is 4.37. The van der Waals surface area contributed by atoms with Gasteiger partial charge in [0.15, 0.2) is 0 Å². The highest BCUT2D eigenvalue weighted by Crippen LogP contribution is 2.39. The normalized spacial score (nSPS) is 24.5. The van der Waals surface area contributed by atoms with Gasteiger partial charge in [0.05, 0.1) is 0 Å². The van der Waals surface area contributed by atoms with E-state index < -0.39 is 0 Å². The van der Waals surface area contributed by atoms with E-state index in [2.05, 4.69) is 24.6 Å². The lowest BCUT2D eigenvalue weighted by molar-refractivity contribution is 0.439. The zero-order chi connectivity index (χ0) is 9.03. The van der Waals surface area contributed by atoms with Crippen LogP contribution < -0.4 is 0 Å². The largest absolute Gasteiger partial charge is 0.290 e. The van der Waals surface area contributed by atoms with Gasteiger partial charge in [-0.1, -0.05) is 18.2 Å². The molecule has 0 N–H and O–H groups in total. The molecule has 0 spiro atoms. The predicted molar refractivity (Wildman–Crippen MR) is 54.1 cm³/mol. The first-order valence-electron chi connectivity index (χ1n) is 4.37. The smallest absolute Gasteiger partial charge is 0.0409 e. The minimum absolute atomic E-state index is 0.345. The molecule has 0 saturated carbocycles. The van der Waals surface area contributed by atoms with E-state index in [9.17, 15) is 0 Å². The lowest BCUT2D eigenvalue weighted by Gasteiger charge is -2.12. The van der Waals surface area contributed by atoms with E-state index in [1.807, 2.05) is 18.2 Å². The first-order chi connectivity index (χ1) is 5.79. The van der Waals surface area contributed by atoms with E-state index in [0.29, 0.717) is 5.54 Å². The van der Waals surface area contributed by atoms with E-state index in [0.717, 1.165) is 25.9 Å². The molecule has 1 heterocycles. The fourth-order valence-corrected chi connectivity index (χ4v) is 1.74. The Morgan fingerprint density at radius 3 is 2.08 bits per heavy atom. The SMILES string of the molecule is C=CCN1CC1(CC=C)CC=C. The second-order valence-corrected chi connectivity index (χ2v) is 3.38. The lowest BCUT2D eigenvalue weighted by Crippen LogP contribution is -2.16. The molecule has 1 unspecified atom stereocenters. The van der Waals surface area contributed by atoms with Crippen LogP contribution in [0.4, 0.5) is 0 Å². The van der Waals surface area contributed by atoms with E-state index in [-0.39, 0.29) is 0 Å². The van der Waals surface area contributed by atoms with Gasteiger partial charge in [0.2, 0.25) is 0 Å². The minimum atomic E-state index is 0.345. The van der Waals surface area contributed by atoms with Crippen LogP contribution in [0.2, 0.25) is 0 Å². The molecule has 1 nitrogen and oxygen atoms in total. The zero-order valence-electron chi connectivity index (χ0n) is 7.63. The van der Waals surface area contributed by atoms with Crippen molar-refractivity contribution >= 4 is 0 Å². The molecule has 1 saturated heterocycles. The third-order valence-corrected chi connectivity index (χ3v) is 2.45. The van der Waals surface area contributed by atoms with Crippen molar-refractivity contribution in [2.45, 2.75) is 18.4 Å². The summed E-state index contributed by atoms with van der Waals surface area (Å²) in [6, 6.07) is 0. The average molecular weight is 163 g/mol. The van der Waals surface area contributed by atoms with Gasteiger partial charge in [-0.05, 0) is 12.8 Å². The van der Waals surface area contributed by atoms with E-state index >= 15 is 0 Å². The van der Waals surface area contributed by atoms with Crippen molar-refractivity contribution in [2.75, 3.05) is 13.1 Å². The fraction of sp³-hybridized carbons (Fsp3) is 0.455. The number of nitrogens with zero attached hydrogens (tertiary/aromatic N) is 1. The lowest BCUT2D eigenvalue weighted by atomic mass is 10.0. The Balaban J connectivity index is 2.47. The van der Waals surface area contributed by atoms with Gasteiger partial charge in [0, 0.05) is 18.6 Å². The molecule has 0 aromatic heterocycles. The third kappa shape index (κ3) is 1.67. The highest BCUT2D eigenvalue weighted by atomic mass is 15.4. The second-order valence-electron chi connectivity index (χ2n) is 3.38. The van der Waals surface area contributed by atoms with Crippen molar-refractivity contribution in [3.05, 3.63) is 38.0 Å². The van der Waals surface area contributed by atoms with E-state index in [1.165, 1.54) is 0 Å². The predicted octanol–water partition coefficient (Wildman–Crippen LogP) is 2.38. The van der Waals surface area contributed by atoms with Crippen LogP contribution in [-0.4, -0.2) is 23.5 Å². The van der Waals surface area contributed by atoms with Gasteiger partial charge in [-0.2, -0.15) is 0 Å². The minimum Gasteiger partial charge on any atom is -0.290 e. The van der Waals surface area contributed by atoms with Crippen LogP contribution in [0.25, 0.3) is 0 Å². The molecule has 0 radical (unpaired) electrons. The summed E-state index contributed by atoms with van der Waals surface area (Å²) in [5, 5.41) is 0. The Morgan fingerprint density at radius 2 is 1.67 bits per heavy atom. The van der Waals surface area contributed by atoms with Crippen molar-refractivity contribution in [2.24, 2.45) is 0 Å². The molecule has 0 bridgehead atoms. The Labute approximate surface area is 75.1 Å². The molecule has 66 valence electrons. The summed E-state index contributed by atoms with van der Waals surface area (Å²) in [5.74, 6) is 0. The van der Waals surface area contributed by atoms with Crippen molar-refractivity contribution in [3.63, 3.8) is 0 Å². The van der Waals surface area contributed by atoms with Gasteiger partial charge in [0.25, 0.3) is 0 Å². The Morgan fingerprint density at radius 1 is 1.08 bits per heavy atom. The van der Waals surface area contributed by atoms with Gasteiger partial charge < -0.3 is 0 Å². The number of rotatable bonds is 6. The first kappa shape index (κ1) is 9.27. The molecule has 0 aromatic rings. The van der Waals surface area contributed by atoms with Crippen LogP contribution >= 0.6 is 0 Å². The van der Waals surface area contributed by atoms with Crippen LogP contribution in [0.1, 0.15) is 12.8 Å². The maximum Gasteiger partial charge on any atom is 0.0409 e. The van der Waals surface area contributed by atoms with Crippen LogP contribution in [0.15, 0.2) is 38.0 Å². The van der Waals surface area contributed by atoms with E-state index in [4.69, 9.17) is 0 Å². The van der Waals surface area contributed by atoms with Gasteiger partial charge in [-0.15, -0.1) is 19.7 Å². The van der Waals surface area contributed by atoms with E-state index in [1.54, 1.807) is 0 Å². The standard InChI is InChI=1S/C11H17N/c1-4-7-11(8-5-2)10-12(11)9-6-3/h4-6H,1-3,7-10H2. The molecule has 1 heteroatoms. The summed E-state index contributed by atoms with van der Waals surface area (Å²) in [6.07, 6.45) is 8.06.